The lowest BCUT2D eigenvalue weighted by Crippen LogP contribution is -2.09. The molecule has 0 bridgehead atoms. The van der Waals surface area contributed by atoms with Crippen LogP contribution in [-0.2, 0) is 0 Å². The van der Waals surface area contributed by atoms with Crippen LogP contribution in [0.1, 0.15) is 19.3 Å². The Morgan fingerprint density at radius 3 is 2.56 bits per heavy atom. The Morgan fingerprint density at radius 2 is 2.00 bits per heavy atom. The van der Waals surface area contributed by atoms with Crippen LogP contribution in [0, 0.1) is 6.92 Å². The van der Waals surface area contributed by atoms with Crippen molar-refractivity contribution in [1.82, 2.24) is 4.90 Å². The van der Waals surface area contributed by atoms with Gasteiger partial charge in [-0.3, -0.25) is 0 Å². The van der Waals surface area contributed by atoms with Crippen LogP contribution in [0.15, 0.2) is 12.3 Å². The fourth-order valence-corrected chi connectivity index (χ4v) is 1.11. The molecule has 51 valence electrons. The van der Waals surface area contributed by atoms with Crippen molar-refractivity contribution in [3.8, 4) is 0 Å². The van der Waals surface area contributed by atoms with E-state index in [1.807, 2.05) is 0 Å². The molecule has 0 unspecified atom stereocenters. The molecule has 0 atom stereocenters. The van der Waals surface area contributed by atoms with Gasteiger partial charge in [-0.25, -0.2) is 0 Å². The molecule has 0 aromatic heterocycles. The van der Waals surface area contributed by atoms with Crippen LogP contribution in [0.4, 0.5) is 0 Å². The summed E-state index contributed by atoms with van der Waals surface area (Å²) in [7, 11) is 0. The van der Waals surface area contributed by atoms with E-state index in [-0.39, 0.29) is 0 Å². The second kappa shape index (κ2) is 3.54. The van der Waals surface area contributed by atoms with E-state index in [2.05, 4.69) is 24.1 Å². The number of hydrogen-bond acceptors (Lipinski definition) is 1. The zero-order chi connectivity index (χ0) is 6.53. The summed E-state index contributed by atoms with van der Waals surface area (Å²) in [5.41, 5.74) is 0. The minimum atomic E-state index is 0.913. The molecule has 1 radical (unpaired) electrons. The van der Waals surface area contributed by atoms with Crippen molar-refractivity contribution in [2.45, 2.75) is 19.3 Å². The fourth-order valence-electron chi connectivity index (χ4n) is 1.11. The van der Waals surface area contributed by atoms with Crippen molar-refractivity contribution in [3.63, 3.8) is 0 Å². The Hall–Kier alpha value is -0.460. The third-order valence-electron chi connectivity index (χ3n) is 1.62. The highest BCUT2D eigenvalue weighted by atomic mass is 15.1. The Balaban J connectivity index is 2.18. The number of hydrogen-bond donors (Lipinski definition) is 0. The molecule has 1 saturated heterocycles. The summed E-state index contributed by atoms with van der Waals surface area (Å²) in [4.78, 5) is 2.35. The van der Waals surface area contributed by atoms with Crippen LogP contribution < -0.4 is 0 Å². The van der Waals surface area contributed by atoms with Gasteiger partial charge in [0.2, 0.25) is 0 Å². The van der Waals surface area contributed by atoms with Crippen molar-refractivity contribution < 1.29 is 0 Å². The SMILES string of the molecule is [CH2]C/C=C/N1CCCC1. The van der Waals surface area contributed by atoms with E-state index in [0.29, 0.717) is 0 Å². The quantitative estimate of drug-likeness (QED) is 0.542. The predicted octanol–water partition coefficient (Wildman–Crippen LogP) is 1.82. The van der Waals surface area contributed by atoms with Gasteiger partial charge in [0, 0.05) is 13.1 Å². The standard InChI is InChI=1S/C8H14N/c1-2-3-6-9-7-4-5-8-9/h3,6H,1-2,4-5,7-8H2/b6-3+. The van der Waals surface area contributed by atoms with Crippen LogP contribution in [0.2, 0.25) is 0 Å². The van der Waals surface area contributed by atoms with Gasteiger partial charge < -0.3 is 4.90 Å². The second-order valence-electron chi connectivity index (χ2n) is 2.42. The van der Waals surface area contributed by atoms with Crippen molar-refractivity contribution in [3.05, 3.63) is 19.2 Å². The molecule has 1 aliphatic rings. The summed E-state index contributed by atoms with van der Waals surface area (Å²) in [6.45, 7) is 6.23. The summed E-state index contributed by atoms with van der Waals surface area (Å²) in [6.07, 6.45) is 7.92. The van der Waals surface area contributed by atoms with Gasteiger partial charge in [-0.1, -0.05) is 6.08 Å². The summed E-state index contributed by atoms with van der Waals surface area (Å²) in [5.74, 6) is 0. The maximum absolute atomic E-state index is 3.73. The molecule has 0 N–H and O–H groups in total. The van der Waals surface area contributed by atoms with E-state index >= 15 is 0 Å². The molecule has 0 amide bonds. The van der Waals surface area contributed by atoms with E-state index < -0.39 is 0 Å². The minimum absolute atomic E-state index is 0.913. The van der Waals surface area contributed by atoms with Gasteiger partial charge in [0.1, 0.15) is 0 Å². The Labute approximate surface area is 57.4 Å². The van der Waals surface area contributed by atoms with Gasteiger partial charge in [-0.05, 0) is 32.4 Å². The molecule has 1 aliphatic heterocycles. The maximum Gasteiger partial charge on any atom is 0.0173 e. The third-order valence-corrected chi connectivity index (χ3v) is 1.62. The highest BCUT2D eigenvalue weighted by Crippen LogP contribution is 2.06. The monoisotopic (exact) mass is 124 g/mol. The molecule has 1 heteroatoms. The smallest absolute Gasteiger partial charge is 0.0173 e. The van der Waals surface area contributed by atoms with E-state index in [1.165, 1.54) is 25.9 Å². The van der Waals surface area contributed by atoms with Gasteiger partial charge in [0.15, 0.2) is 0 Å². The van der Waals surface area contributed by atoms with E-state index in [1.54, 1.807) is 0 Å². The average Bonchev–Trinajstić information content (AvgIpc) is 2.34. The molecule has 1 fully saturated rings. The Bertz CT molecular complexity index is 90.7. The zero-order valence-corrected chi connectivity index (χ0v) is 5.84. The highest BCUT2D eigenvalue weighted by Gasteiger charge is 2.04. The summed E-state index contributed by atoms with van der Waals surface area (Å²) >= 11 is 0. The van der Waals surface area contributed by atoms with Crippen LogP contribution in [-0.4, -0.2) is 18.0 Å². The molecule has 0 aliphatic carbocycles. The van der Waals surface area contributed by atoms with Crippen LogP contribution >= 0.6 is 0 Å². The van der Waals surface area contributed by atoms with Gasteiger partial charge in [0.25, 0.3) is 0 Å². The molecule has 1 nitrogen and oxygen atoms in total. The van der Waals surface area contributed by atoms with E-state index in [4.69, 9.17) is 0 Å². The normalized spacial score (nSPS) is 19.9. The van der Waals surface area contributed by atoms with Gasteiger partial charge in [-0.2, -0.15) is 0 Å². The average molecular weight is 124 g/mol. The first-order valence-electron chi connectivity index (χ1n) is 3.63. The highest BCUT2D eigenvalue weighted by molar-refractivity contribution is 4.85. The molecular weight excluding hydrogens is 110 g/mol. The zero-order valence-electron chi connectivity index (χ0n) is 5.84. The molecule has 0 aromatic carbocycles. The van der Waals surface area contributed by atoms with E-state index in [9.17, 15) is 0 Å². The van der Waals surface area contributed by atoms with Crippen molar-refractivity contribution in [1.29, 1.82) is 0 Å². The van der Waals surface area contributed by atoms with Crippen molar-refractivity contribution >= 4 is 0 Å². The Morgan fingerprint density at radius 1 is 1.33 bits per heavy atom. The van der Waals surface area contributed by atoms with E-state index in [0.717, 1.165) is 6.42 Å². The summed E-state index contributed by atoms with van der Waals surface area (Å²) in [6, 6.07) is 0. The summed E-state index contributed by atoms with van der Waals surface area (Å²) in [5, 5.41) is 0. The molecule has 9 heavy (non-hydrogen) atoms. The summed E-state index contributed by atoms with van der Waals surface area (Å²) < 4.78 is 0. The number of allylic oxidation sites excluding steroid dienone is 1. The molecule has 1 heterocycles. The van der Waals surface area contributed by atoms with Crippen LogP contribution in [0.3, 0.4) is 0 Å². The first-order valence-corrected chi connectivity index (χ1v) is 3.63. The van der Waals surface area contributed by atoms with Gasteiger partial charge in [0.05, 0.1) is 0 Å². The largest absolute Gasteiger partial charge is 0.378 e. The first kappa shape index (κ1) is 6.66. The fraction of sp³-hybridized carbons (Fsp3) is 0.625. The number of nitrogens with zero attached hydrogens (tertiary/aromatic N) is 1. The predicted molar refractivity (Wildman–Crippen MR) is 39.9 cm³/mol. The molecular formula is C8H14N. The van der Waals surface area contributed by atoms with Gasteiger partial charge in [-0.15, -0.1) is 0 Å². The first-order chi connectivity index (χ1) is 4.43. The maximum atomic E-state index is 3.73. The molecule has 0 saturated carbocycles. The Kier molecular flexibility index (Phi) is 2.62. The third kappa shape index (κ3) is 2.08. The van der Waals surface area contributed by atoms with Gasteiger partial charge >= 0.3 is 0 Å². The lowest BCUT2D eigenvalue weighted by atomic mass is 10.4. The lowest BCUT2D eigenvalue weighted by molar-refractivity contribution is 0.467. The molecule has 0 spiro atoms. The number of likely N-dealkylation sites (tertiary alicyclic amines) is 1. The van der Waals surface area contributed by atoms with Crippen LogP contribution in [0.5, 0.6) is 0 Å². The molecule has 1 rings (SSSR count). The number of rotatable bonds is 2. The molecule has 0 aromatic rings. The van der Waals surface area contributed by atoms with Crippen LogP contribution in [0.25, 0.3) is 0 Å². The minimum Gasteiger partial charge on any atom is -0.378 e. The van der Waals surface area contributed by atoms with Crippen molar-refractivity contribution in [2.75, 3.05) is 13.1 Å². The van der Waals surface area contributed by atoms with Crippen molar-refractivity contribution in [2.24, 2.45) is 0 Å². The lowest BCUT2D eigenvalue weighted by Gasteiger charge is -2.09. The second-order valence-corrected chi connectivity index (χ2v) is 2.42. The topological polar surface area (TPSA) is 3.24 Å².